The summed E-state index contributed by atoms with van der Waals surface area (Å²) in [6.45, 7) is 0.607. The van der Waals surface area contributed by atoms with Crippen LogP contribution in [0.2, 0.25) is 0 Å². The number of nitrogens with zero attached hydrogens (tertiary/aromatic N) is 3. The van der Waals surface area contributed by atoms with E-state index in [2.05, 4.69) is 20.6 Å². The number of rotatable bonds is 3. The lowest BCUT2D eigenvalue weighted by Gasteiger charge is -2.19. The Morgan fingerprint density at radius 2 is 2.38 bits per heavy atom. The number of anilines is 1. The van der Waals surface area contributed by atoms with Crippen LogP contribution in [0.1, 0.15) is 18.3 Å². The number of aromatic nitrogens is 3. The zero-order valence-electron chi connectivity index (χ0n) is 11.7. The molecule has 0 bridgehead atoms. The lowest BCUT2D eigenvalue weighted by atomic mass is 10.1. The van der Waals surface area contributed by atoms with Gasteiger partial charge in [0.25, 0.3) is 0 Å². The van der Waals surface area contributed by atoms with Crippen LogP contribution in [-0.2, 0) is 11.8 Å². The second-order valence-corrected chi connectivity index (χ2v) is 4.92. The van der Waals surface area contributed by atoms with Gasteiger partial charge in [0.1, 0.15) is 11.9 Å². The van der Waals surface area contributed by atoms with Crippen molar-refractivity contribution in [3.63, 3.8) is 0 Å². The number of pyridine rings is 1. The van der Waals surface area contributed by atoms with E-state index in [1.807, 2.05) is 17.8 Å². The zero-order valence-corrected chi connectivity index (χ0v) is 11.7. The number of imidazole rings is 1. The number of hydrogen-bond acceptors (Lipinski definition) is 4. The number of urea groups is 1. The molecule has 0 saturated carbocycles. The molecule has 1 saturated heterocycles. The summed E-state index contributed by atoms with van der Waals surface area (Å²) in [5.41, 5.74) is 0.655. The Morgan fingerprint density at radius 3 is 3.10 bits per heavy atom. The molecule has 0 radical (unpaired) electrons. The van der Waals surface area contributed by atoms with Crippen molar-refractivity contribution >= 4 is 11.7 Å². The molecule has 7 nitrogen and oxygen atoms in total. The number of hydrogen-bond donors (Lipinski definition) is 2. The van der Waals surface area contributed by atoms with Gasteiger partial charge >= 0.3 is 6.03 Å². The van der Waals surface area contributed by atoms with Crippen molar-refractivity contribution in [3.8, 4) is 0 Å². The Hall–Kier alpha value is -2.41. The Labute approximate surface area is 122 Å². The maximum Gasteiger partial charge on any atom is 0.319 e. The van der Waals surface area contributed by atoms with Crippen molar-refractivity contribution in [1.82, 2.24) is 19.9 Å². The molecule has 2 aromatic rings. The van der Waals surface area contributed by atoms with Crippen LogP contribution in [0.3, 0.4) is 0 Å². The number of ether oxygens (including phenoxy) is 1. The van der Waals surface area contributed by atoms with Crippen molar-refractivity contribution in [3.05, 3.63) is 42.7 Å². The molecule has 7 heteroatoms. The molecule has 1 aliphatic rings. The molecule has 3 rings (SSSR count). The minimum Gasteiger partial charge on any atom is -0.368 e. The van der Waals surface area contributed by atoms with Gasteiger partial charge in [-0.3, -0.25) is 4.98 Å². The Bertz CT molecular complexity index is 613. The smallest absolute Gasteiger partial charge is 0.319 e. The first-order chi connectivity index (χ1) is 10.2. The molecule has 2 N–H and O–H groups in total. The predicted molar refractivity (Wildman–Crippen MR) is 76.7 cm³/mol. The topological polar surface area (TPSA) is 81.1 Å². The van der Waals surface area contributed by atoms with Gasteiger partial charge in [-0.05, 0) is 18.6 Å². The van der Waals surface area contributed by atoms with Crippen LogP contribution in [0.15, 0.2) is 36.9 Å². The van der Waals surface area contributed by atoms with Crippen LogP contribution in [0, 0.1) is 0 Å². The Balaban J connectivity index is 1.64. The maximum atomic E-state index is 12.0. The van der Waals surface area contributed by atoms with Crippen molar-refractivity contribution in [2.24, 2.45) is 7.05 Å². The first-order valence-electron chi connectivity index (χ1n) is 6.80. The highest BCUT2D eigenvalue weighted by Crippen LogP contribution is 2.27. The molecule has 1 fully saturated rings. The predicted octanol–water partition coefficient (Wildman–Crippen LogP) is 1.47. The Kier molecular flexibility index (Phi) is 3.83. The second kappa shape index (κ2) is 5.92. The molecule has 2 atom stereocenters. The summed E-state index contributed by atoms with van der Waals surface area (Å²) in [4.78, 5) is 20.3. The summed E-state index contributed by atoms with van der Waals surface area (Å²) in [7, 11) is 1.91. The standard InChI is InChI=1S/C14H17N5O2/c1-19-7-6-16-13(19)12-11(4-8-21-12)18-14(20)17-10-3-2-5-15-9-10/h2-3,5-7,9,11-12H,4,8H2,1H3,(H2,17,18,20)/t11-,12-/m0/s1. The third kappa shape index (κ3) is 3.03. The molecule has 0 unspecified atom stereocenters. The van der Waals surface area contributed by atoms with Crippen LogP contribution >= 0.6 is 0 Å². The van der Waals surface area contributed by atoms with Crippen molar-refractivity contribution < 1.29 is 9.53 Å². The van der Waals surface area contributed by atoms with E-state index in [9.17, 15) is 4.79 Å². The van der Waals surface area contributed by atoms with Crippen LogP contribution < -0.4 is 10.6 Å². The lowest BCUT2D eigenvalue weighted by Crippen LogP contribution is -2.40. The minimum atomic E-state index is -0.266. The fourth-order valence-electron chi connectivity index (χ4n) is 2.42. The molecule has 0 spiro atoms. The molecular weight excluding hydrogens is 270 g/mol. The molecule has 1 aliphatic heterocycles. The average molecular weight is 287 g/mol. The van der Waals surface area contributed by atoms with E-state index in [-0.39, 0.29) is 18.2 Å². The summed E-state index contributed by atoms with van der Waals surface area (Å²) in [5.74, 6) is 0.819. The highest BCUT2D eigenvalue weighted by molar-refractivity contribution is 5.89. The van der Waals surface area contributed by atoms with Gasteiger partial charge in [-0.15, -0.1) is 0 Å². The van der Waals surface area contributed by atoms with Crippen LogP contribution in [0.5, 0.6) is 0 Å². The molecule has 0 aromatic carbocycles. The van der Waals surface area contributed by atoms with E-state index < -0.39 is 0 Å². The van der Waals surface area contributed by atoms with Crippen molar-refractivity contribution in [2.75, 3.05) is 11.9 Å². The molecule has 0 aliphatic carbocycles. The van der Waals surface area contributed by atoms with Gasteiger partial charge < -0.3 is 19.9 Å². The summed E-state index contributed by atoms with van der Waals surface area (Å²) in [5, 5.41) is 5.69. The van der Waals surface area contributed by atoms with Gasteiger partial charge in [0.2, 0.25) is 0 Å². The van der Waals surface area contributed by atoms with E-state index in [4.69, 9.17) is 4.74 Å². The third-order valence-electron chi connectivity index (χ3n) is 3.44. The SMILES string of the molecule is Cn1ccnc1[C@H]1OCC[C@@H]1NC(=O)Nc1cccnc1. The normalized spacial score (nSPS) is 21.2. The van der Waals surface area contributed by atoms with Crippen LogP contribution in [-0.4, -0.2) is 33.2 Å². The van der Waals surface area contributed by atoms with Gasteiger partial charge in [0, 0.05) is 32.2 Å². The van der Waals surface area contributed by atoms with Crippen LogP contribution in [0.25, 0.3) is 0 Å². The van der Waals surface area contributed by atoms with Gasteiger partial charge in [0.05, 0.1) is 17.9 Å². The summed E-state index contributed by atoms with van der Waals surface area (Å²) < 4.78 is 7.61. The van der Waals surface area contributed by atoms with E-state index >= 15 is 0 Å². The van der Waals surface area contributed by atoms with Crippen LogP contribution in [0.4, 0.5) is 10.5 Å². The molecule has 3 heterocycles. The molecule has 110 valence electrons. The first-order valence-corrected chi connectivity index (χ1v) is 6.80. The van der Waals surface area contributed by atoms with E-state index in [1.165, 1.54) is 0 Å². The fraction of sp³-hybridized carbons (Fsp3) is 0.357. The lowest BCUT2D eigenvalue weighted by molar-refractivity contribution is 0.0913. The third-order valence-corrected chi connectivity index (χ3v) is 3.44. The number of carbonyl (C=O) groups is 1. The van der Waals surface area contributed by atoms with Gasteiger partial charge in [0.15, 0.2) is 0 Å². The molecule has 2 amide bonds. The molecule has 21 heavy (non-hydrogen) atoms. The number of nitrogens with one attached hydrogen (secondary N) is 2. The minimum absolute atomic E-state index is 0.0947. The number of carbonyl (C=O) groups excluding carboxylic acids is 1. The average Bonchev–Trinajstić information content (AvgIpc) is 3.08. The molecule has 2 aromatic heterocycles. The summed E-state index contributed by atoms with van der Waals surface area (Å²) in [6, 6.07) is 3.19. The van der Waals surface area contributed by atoms with E-state index in [0.717, 1.165) is 12.2 Å². The summed E-state index contributed by atoms with van der Waals surface area (Å²) >= 11 is 0. The Morgan fingerprint density at radius 1 is 1.48 bits per heavy atom. The first kappa shape index (κ1) is 13.6. The summed E-state index contributed by atoms with van der Waals surface area (Å²) in [6.07, 6.45) is 7.39. The van der Waals surface area contributed by atoms with Gasteiger partial charge in [-0.1, -0.05) is 0 Å². The highest BCUT2D eigenvalue weighted by Gasteiger charge is 2.33. The van der Waals surface area contributed by atoms with Gasteiger partial charge in [-0.25, -0.2) is 9.78 Å². The molecular formula is C14H17N5O2. The van der Waals surface area contributed by atoms with Crippen molar-refractivity contribution in [2.45, 2.75) is 18.6 Å². The zero-order chi connectivity index (χ0) is 14.7. The maximum absolute atomic E-state index is 12.0. The largest absolute Gasteiger partial charge is 0.368 e. The van der Waals surface area contributed by atoms with E-state index in [1.54, 1.807) is 30.7 Å². The van der Waals surface area contributed by atoms with Gasteiger partial charge in [-0.2, -0.15) is 0 Å². The number of aryl methyl sites for hydroxylation is 1. The monoisotopic (exact) mass is 287 g/mol. The quantitative estimate of drug-likeness (QED) is 0.895. The van der Waals surface area contributed by atoms with E-state index in [0.29, 0.717) is 12.3 Å². The highest BCUT2D eigenvalue weighted by atomic mass is 16.5. The second-order valence-electron chi connectivity index (χ2n) is 4.92. The van der Waals surface area contributed by atoms with Crippen molar-refractivity contribution in [1.29, 1.82) is 0 Å². The number of amides is 2. The fourth-order valence-corrected chi connectivity index (χ4v) is 2.42.